The van der Waals surface area contributed by atoms with E-state index in [1.165, 1.54) is 38.5 Å². The van der Waals surface area contributed by atoms with Crippen LogP contribution in [0.4, 0.5) is 0 Å². The zero-order valence-corrected chi connectivity index (χ0v) is 9.43. The Bertz CT molecular complexity index is 271. The minimum Gasteiger partial charge on any atom is -0.159 e. The van der Waals surface area contributed by atoms with E-state index in [2.05, 4.69) is 17.5 Å². The molecule has 1 aromatic heterocycles. The number of fused-ring (bicyclic) bond motifs is 2. The van der Waals surface area contributed by atoms with Crippen LogP contribution in [0, 0.1) is 0 Å². The van der Waals surface area contributed by atoms with Crippen molar-refractivity contribution >= 4 is 22.8 Å². The van der Waals surface area contributed by atoms with E-state index in [9.17, 15) is 0 Å². The minimum absolute atomic E-state index is 0.942. The molecule has 0 spiro atoms. The third kappa shape index (κ3) is 1.44. The predicted molar refractivity (Wildman–Crippen MR) is 64.9 cm³/mol. The fraction of sp³-hybridized carbons (Fsp3) is 0.667. The van der Waals surface area contributed by atoms with Crippen molar-refractivity contribution in [2.24, 2.45) is 0 Å². The first-order valence-corrected chi connectivity index (χ1v) is 6.86. The SMILES string of the molecule is c1csc(B2C3CCCC2CCC3)c1. The molecule has 0 N–H and O–H groups in total. The van der Waals surface area contributed by atoms with Gasteiger partial charge in [0.2, 0.25) is 0 Å². The van der Waals surface area contributed by atoms with Crippen LogP contribution >= 0.6 is 11.3 Å². The predicted octanol–water partition coefficient (Wildman–Crippen LogP) is 3.56. The monoisotopic (exact) mass is 204 g/mol. The van der Waals surface area contributed by atoms with Gasteiger partial charge in [-0.25, -0.2) is 0 Å². The van der Waals surface area contributed by atoms with E-state index in [1.54, 1.807) is 4.78 Å². The molecule has 0 aliphatic carbocycles. The highest BCUT2D eigenvalue weighted by atomic mass is 32.1. The minimum atomic E-state index is 0.942. The van der Waals surface area contributed by atoms with Crippen LogP contribution in [0.15, 0.2) is 17.5 Å². The van der Waals surface area contributed by atoms with Gasteiger partial charge in [0.05, 0.1) is 0 Å². The van der Waals surface area contributed by atoms with Crippen molar-refractivity contribution in [1.29, 1.82) is 0 Å². The Morgan fingerprint density at radius 3 is 2.21 bits per heavy atom. The van der Waals surface area contributed by atoms with Gasteiger partial charge >= 0.3 is 0 Å². The quantitative estimate of drug-likeness (QED) is 0.613. The second-order valence-corrected chi connectivity index (χ2v) is 5.90. The van der Waals surface area contributed by atoms with Crippen molar-refractivity contribution in [2.45, 2.75) is 50.2 Å². The standard InChI is InChI=1S/C12H17BS/c1-4-10-6-2-7-11(5-1)13(10)12-8-3-9-14-12/h3,8-11H,1-2,4-7H2. The van der Waals surface area contributed by atoms with Crippen molar-refractivity contribution < 1.29 is 0 Å². The van der Waals surface area contributed by atoms with E-state index in [-0.39, 0.29) is 0 Å². The summed E-state index contributed by atoms with van der Waals surface area (Å²) >= 11 is 1.99. The first kappa shape index (κ1) is 9.02. The average molecular weight is 204 g/mol. The van der Waals surface area contributed by atoms with Gasteiger partial charge in [-0.15, -0.1) is 0 Å². The van der Waals surface area contributed by atoms with Crippen molar-refractivity contribution in [3.05, 3.63) is 17.5 Å². The molecule has 2 aliphatic heterocycles. The molecule has 0 radical (unpaired) electrons. The molecule has 3 rings (SSSR count). The van der Waals surface area contributed by atoms with E-state index in [4.69, 9.17) is 0 Å². The lowest BCUT2D eigenvalue weighted by atomic mass is 9.27. The topological polar surface area (TPSA) is 0 Å². The maximum absolute atomic E-state index is 2.37. The zero-order valence-electron chi connectivity index (χ0n) is 8.61. The Morgan fingerprint density at radius 1 is 1.07 bits per heavy atom. The zero-order chi connectivity index (χ0) is 9.38. The van der Waals surface area contributed by atoms with Crippen LogP contribution in [0.2, 0.25) is 11.6 Å². The molecule has 0 atom stereocenters. The van der Waals surface area contributed by atoms with Gasteiger partial charge in [-0.3, -0.25) is 0 Å². The first-order chi connectivity index (χ1) is 6.95. The molecule has 2 fully saturated rings. The summed E-state index contributed by atoms with van der Waals surface area (Å²) in [4.78, 5) is 0. The summed E-state index contributed by atoms with van der Waals surface area (Å²) in [5, 5.41) is 2.25. The molecular formula is C12H17BS. The van der Waals surface area contributed by atoms with Gasteiger partial charge in [-0.1, -0.05) is 62.3 Å². The summed E-state index contributed by atoms with van der Waals surface area (Å²) < 4.78 is 1.68. The van der Waals surface area contributed by atoms with Crippen LogP contribution in [0.5, 0.6) is 0 Å². The fourth-order valence-electron chi connectivity index (χ4n) is 3.62. The lowest BCUT2D eigenvalue weighted by Crippen LogP contribution is -2.42. The first-order valence-electron chi connectivity index (χ1n) is 5.98. The molecule has 3 heterocycles. The molecule has 74 valence electrons. The summed E-state index contributed by atoms with van der Waals surface area (Å²) in [6.07, 6.45) is 8.99. The highest BCUT2D eigenvalue weighted by Gasteiger charge is 2.40. The molecule has 0 aromatic carbocycles. The molecule has 0 saturated carbocycles. The Hall–Kier alpha value is -0.235. The normalized spacial score (nSPS) is 31.9. The molecule has 2 heteroatoms. The summed E-state index contributed by atoms with van der Waals surface area (Å²) in [6.45, 7) is 0.942. The molecule has 1 aromatic rings. The molecule has 0 unspecified atom stereocenters. The lowest BCUT2D eigenvalue weighted by Gasteiger charge is -2.40. The van der Waals surface area contributed by atoms with E-state index < -0.39 is 0 Å². The second kappa shape index (κ2) is 3.73. The average Bonchev–Trinajstić information content (AvgIpc) is 2.69. The number of rotatable bonds is 1. The van der Waals surface area contributed by atoms with Crippen molar-refractivity contribution in [3.8, 4) is 0 Å². The van der Waals surface area contributed by atoms with Crippen LogP contribution < -0.4 is 4.78 Å². The van der Waals surface area contributed by atoms with Crippen LogP contribution in [0.25, 0.3) is 0 Å². The summed E-state index contributed by atoms with van der Waals surface area (Å²) in [6, 6.07) is 4.59. The molecule has 0 amide bonds. The van der Waals surface area contributed by atoms with Crippen molar-refractivity contribution in [3.63, 3.8) is 0 Å². The maximum atomic E-state index is 2.37. The van der Waals surface area contributed by atoms with Crippen LogP contribution in [-0.4, -0.2) is 6.71 Å². The van der Waals surface area contributed by atoms with Gasteiger partial charge in [0.25, 0.3) is 0 Å². The molecule has 2 bridgehead atoms. The third-order valence-electron chi connectivity index (χ3n) is 4.19. The Morgan fingerprint density at radius 2 is 1.71 bits per heavy atom. The Kier molecular flexibility index (Phi) is 2.40. The number of hydrogen-bond donors (Lipinski definition) is 0. The molecule has 2 aliphatic rings. The molecular weight excluding hydrogens is 187 g/mol. The van der Waals surface area contributed by atoms with E-state index in [0.29, 0.717) is 0 Å². The van der Waals surface area contributed by atoms with E-state index >= 15 is 0 Å². The van der Waals surface area contributed by atoms with Gasteiger partial charge in [0.1, 0.15) is 0 Å². The lowest BCUT2D eigenvalue weighted by molar-refractivity contribution is 0.448. The van der Waals surface area contributed by atoms with E-state index in [1.807, 2.05) is 11.3 Å². The number of hydrogen-bond acceptors (Lipinski definition) is 1. The highest BCUT2D eigenvalue weighted by molar-refractivity contribution is 7.22. The molecule has 2 saturated heterocycles. The van der Waals surface area contributed by atoms with Crippen molar-refractivity contribution in [1.82, 2.24) is 0 Å². The fourth-order valence-corrected chi connectivity index (χ4v) is 4.64. The second-order valence-electron chi connectivity index (χ2n) is 4.92. The van der Waals surface area contributed by atoms with Gasteiger partial charge < -0.3 is 0 Å². The molecule has 14 heavy (non-hydrogen) atoms. The van der Waals surface area contributed by atoms with Gasteiger partial charge in [-0.2, -0.15) is 11.3 Å². The van der Waals surface area contributed by atoms with Crippen molar-refractivity contribution in [2.75, 3.05) is 0 Å². The largest absolute Gasteiger partial charge is 0.195 e. The van der Waals surface area contributed by atoms with Gasteiger partial charge in [0, 0.05) is 0 Å². The smallest absolute Gasteiger partial charge is 0.159 e. The Balaban J connectivity index is 1.90. The maximum Gasteiger partial charge on any atom is 0.195 e. The highest BCUT2D eigenvalue weighted by Crippen LogP contribution is 2.46. The Labute approximate surface area is 90.8 Å². The number of thiophene rings is 1. The molecule has 0 nitrogen and oxygen atoms in total. The summed E-state index contributed by atoms with van der Waals surface area (Å²) in [5.74, 6) is 2.06. The summed E-state index contributed by atoms with van der Waals surface area (Å²) in [5.41, 5.74) is 0. The van der Waals surface area contributed by atoms with Crippen LogP contribution in [-0.2, 0) is 0 Å². The third-order valence-corrected chi connectivity index (χ3v) is 5.16. The van der Waals surface area contributed by atoms with Gasteiger partial charge in [0.15, 0.2) is 6.71 Å². The van der Waals surface area contributed by atoms with Crippen LogP contribution in [0.1, 0.15) is 38.5 Å². The van der Waals surface area contributed by atoms with E-state index in [0.717, 1.165) is 18.3 Å². The van der Waals surface area contributed by atoms with Crippen LogP contribution in [0.3, 0.4) is 0 Å². The van der Waals surface area contributed by atoms with Gasteiger partial charge in [-0.05, 0) is 10.2 Å². The summed E-state index contributed by atoms with van der Waals surface area (Å²) in [7, 11) is 0.